The van der Waals surface area contributed by atoms with Crippen LogP contribution in [0, 0.1) is 4.91 Å². The predicted molar refractivity (Wildman–Crippen MR) is 55.6 cm³/mol. The van der Waals surface area contributed by atoms with Crippen LogP contribution in [-0.4, -0.2) is 51.4 Å². The van der Waals surface area contributed by atoms with Gasteiger partial charge in [0.05, 0.1) is 13.2 Å². The van der Waals surface area contributed by atoms with Gasteiger partial charge in [-0.05, 0) is 0 Å². The normalized spacial score (nSPS) is 19.1. The monoisotopic (exact) mass is 259 g/mol. The van der Waals surface area contributed by atoms with Crippen LogP contribution in [0.3, 0.4) is 0 Å². The number of rotatable bonds is 8. The van der Waals surface area contributed by atoms with Crippen LogP contribution in [0.15, 0.2) is 5.18 Å². The third kappa shape index (κ3) is 7.68. The van der Waals surface area contributed by atoms with Crippen LogP contribution >= 0.6 is 0 Å². The highest BCUT2D eigenvalue weighted by Gasteiger charge is 2.21. The fourth-order valence-corrected chi connectivity index (χ4v) is 1.32. The minimum Gasteiger partial charge on any atom is -0.388 e. The first-order valence-electron chi connectivity index (χ1n) is 3.91. The lowest BCUT2D eigenvalue weighted by Crippen LogP contribution is -2.33. The second-order valence-corrected chi connectivity index (χ2v) is 4.69. The smallest absolute Gasteiger partial charge is 0.152 e. The van der Waals surface area contributed by atoms with Crippen LogP contribution in [0.25, 0.3) is 0 Å². The third-order valence-electron chi connectivity index (χ3n) is 1.39. The van der Waals surface area contributed by atoms with Gasteiger partial charge in [0.2, 0.25) is 0 Å². The molecule has 0 heterocycles. The van der Waals surface area contributed by atoms with Gasteiger partial charge in [-0.1, -0.05) is 5.18 Å². The van der Waals surface area contributed by atoms with E-state index in [0.29, 0.717) is 0 Å². The summed E-state index contributed by atoms with van der Waals surface area (Å²) >= 11 is -3.05. The summed E-state index contributed by atoms with van der Waals surface area (Å²) in [5.41, 5.74) is 0. The molecule has 0 rings (SSSR count). The zero-order valence-corrected chi connectivity index (χ0v) is 9.95. The molecule has 0 spiro atoms. The van der Waals surface area contributed by atoms with Crippen molar-refractivity contribution < 1.29 is 21.9 Å². The Morgan fingerprint density at radius 3 is 2.07 bits per heavy atom. The maximum atomic E-state index is 10.5. The number of hydrogen-bond donors (Lipinski definition) is 1. The Kier molecular flexibility index (Phi) is 7.88. The van der Waals surface area contributed by atoms with Crippen LogP contribution in [-0.2, 0) is 30.5 Å². The summed E-state index contributed by atoms with van der Waals surface area (Å²) in [5.74, 6) is 0. The second kappa shape index (κ2) is 7.99. The van der Waals surface area contributed by atoms with E-state index in [-0.39, 0.29) is 13.2 Å². The van der Waals surface area contributed by atoms with E-state index < -0.39 is 34.3 Å². The summed E-state index contributed by atoms with van der Waals surface area (Å²) in [6.45, 7) is -0.563. The van der Waals surface area contributed by atoms with Gasteiger partial charge < -0.3 is 5.11 Å². The SMILES string of the molecule is CS(=O)OCC(N=O)[C@@H](O)COS(C)=O. The number of nitrogens with zero attached hydrogens (tertiary/aromatic N) is 1. The Labute approximate surface area is 92.4 Å². The van der Waals surface area contributed by atoms with Crippen molar-refractivity contribution in [3.8, 4) is 0 Å². The molecule has 7 nitrogen and oxygen atoms in total. The van der Waals surface area contributed by atoms with Crippen molar-refractivity contribution in [3.05, 3.63) is 4.91 Å². The zero-order valence-electron chi connectivity index (χ0n) is 8.32. The standard InChI is InChI=1S/C6H13NO6S2/c1-14(10)12-3-5(7-9)6(8)4-13-15(2)11/h5-6,8H,3-4H2,1-2H3/t5?,6-,14?,15?/m0/s1. The molecule has 15 heavy (non-hydrogen) atoms. The Morgan fingerprint density at radius 1 is 1.20 bits per heavy atom. The molecule has 0 aromatic heterocycles. The molecule has 0 aliphatic rings. The molecule has 0 amide bonds. The van der Waals surface area contributed by atoms with Gasteiger partial charge >= 0.3 is 0 Å². The van der Waals surface area contributed by atoms with Gasteiger partial charge in [-0.15, -0.1) is 0 Å². The summed E-state index contributed by atoms with van der Waals surface area (Å²) in [5, 5.41) is 11.9. The molecule has 4 atom stereocenters. The molecule has 0 bridgehead atoms. The highest BCUT2D eigenvalue weighted by molar-refractivity contribution is 7.79. The Bertz CT molecular complexity index is 248. The molecule has 0 aromatic rings. The van der Waals surface area contributed by atoms with Crippen molar-refractivity contribution in [2.24, 2.45) is 5.18 Å². The van der Waals surface area contributed by atoms with Gasteiger partial charge in [0, 0.05) is 12.5 Å². The van der Waals surface area contributed by atoms with Crippen LogP contribution in [0.4, 0.5) is 0 Å². The molecular formula is C6H13NO6S2. The van der Waals surface area contributed by atoms with E-state index in [1.165, 1.54) is 12.5 Å². The molecule has 0 aliphatic carbocycles. The molecule has 90 valence electrons. The highest BCUT2D eigenvalue weighted by atomic mass is 32.2. The van der Waals surface area contributed by atoms with E-state index in [1.807, 2.05) is 0 Å². The molecule has 0 saturated carbocycles. The molecule has 0 radical (unpaired) electrons. The Hall–Kier alpha value is -0.220. The van der Waals surface area contributed by atoms with Gasteiger partial charge in [-0.3, -0.25) is 8.37 Å². The van der Waals surface area contributed by atoms with Crippen molar-refractivity contribution in [1.29, 1.82) is 0 Å². The summed E-state index contributed by atoms with van der Waals surface area (Å²) in [4.78, 5) is 10.3. The molecule has 3 unspecified atom stereocenters. The Balaban J connectivity index is 3.97. The first-order valence-corrected chi connectivity index (χ1v) is 6.88. The maximum Gasteiger partial charge on any atom is 0.152 e. The molecule has 9 heteroatoms. The average molecular weight is 259 g/mol. The first kappa shape index (κ1) is 14.8. The zero-order chi connectivity index (χ0) is 11.8. The lowest BCUT2D eigenvalue weighted by atomic mass is 10.2. The van der Waals surface area contributed by atoms with E-state index in [2.05, 4.69) is 13.5 Å². The van der Waals surface area contributed by atoms with Crippen molar-refractivity contribution in [2.45, 2.75) is 12.1 Å². The fraction of sp³-hybridized carbons (Fsp3) is 1.00. The van der Waals surface area contributed by atoms with E-state index >= 15 is 0 Å². The van der Waals surface area contributed by atoms with E-state index in [9.17, 15) is 18.4 Å². The van der Waals surface area contributed by atoms with Gasteiger partial charge in [0.1, 0.15) is 12.1 Å². The molecule has 0 aromatic carbocycles. The van der Waals surface area contributed by atoms with Gasteiger partial charge in [0.15, 0.2) is 22.2 Å². The third-order valence-corrected chi connectivity index (χ3v) is 2.33. The first-order chi connectivity index (χ1) is 6.97. The number of nitroso groups, excluding NO2 is 1. The maximum absolute atomic E-state index is 10.5. The van der Waals surface area contributed by atoms with Crippen molar-refractivity contribution in [1.82, 2.24) is 0 Å². The lowest BCUT2D eigenvalue weighted by molar-refractivity contribution is 0.0763. The summed E-state index contributed by atoms with van der Waals surface area (Å²) in [6, 6.07) is -1.09. The van der Waals surface area contributed by atoms with Gasteiger partial charge in [0.25, 0.3) is 0 Å². The van der Waals surface area contributed by atoms with Crippen molar-refractivity contribution in [2.75, 3.05) is 25.7 Å². The summed E-state index contributed by atoms with van der Waals surface area (Å²) in [7, 11) is 0. The summed E-state index contributed by atoms with van der Waals surface area (Å²) < 4.78 is 30.2. The molecule has 0 saturated heterocycles. The molecule has 1 N–H and O–H groups in total. The molecule has 0 aliphatic heterocycles. The van der Waals surface area contributed by atoms with Crippen LogP contribution in [0.1, 0.15) is 0 Å². The lowest BCUT2D eigenvalue weighted by Gasteiger charge is -2.14. The quantitative estimate of drug-likeness (QED) is 0.567. The number of aliphatic hydroxyl groups is 1. The minimum atomic E-state index is -1.53. The van der Waals surface area contributed by atoms with Crippen molar-refractivity contribution in [3.63, 3.8) is 0 Å². The van der Waals surface area contributed by atoms with Crippen molar-refractivity contribution >= 4 is 22.2 Å². The number of aliphatic hydroxyl groups excluding tert-OH is 1. The average Bonchev–Trinajstić information content (AvgIpc) is 2.15. The number of hydrogen-bond acceptors (Lipinski definition) is 7. The second-order valence-electron chi connectivity index (χ2n) is 2.61. The predicted octanol–water partition coefficient (Wildman–Crippen LogP) is -0.897. The minimum absolute atomic E-state index is 0.270. The van der Waals surface area contributed by atoms with Gasteiger partial charge in [-0.2, -0.15) is 4.91 Å². The van der Waals surface area contributed by atoms with E-state index in [0.717, 1.165) is 0 Å². The highest BCUT2D eigenvalue weighted by Crippen LogP contribution is 2.02. The van der Waals surface area contributed by atoms with Crippen LogP contribution in [0.5, 0.6) is 0 Å². The Morgan fingerprint density at radius 2 is 1.67 bits per heavy atom. The topological polar surface area (TPSA) is 102 Å². The summed E-state index contributed by atoms with van der Waals surface area (Å²) in [6.07, 6.45) is 1.34. The fourth-order valence-electron chi connectivity index (χ4n) is 0.654. The molecule has 0 fully saturated rings. The van der Waals surface area contributed by atoms with E-state index in [4.69, 9.17) is 0 Å². The largest absolute Gasteiger partial charge is 0.388 e. The van der Waals surface area contributed by atoms with Crippen LogP contribution in [0.2, 0.25) is 0 Å². The van der Waals surface area contributed by atoms with Crippen LogP contribution < -0.4 is 0 Å². The molecular weight excluding hydrogens is 246 g/mol. The van der Waals surface area contributed by atoms with Gasteiger partial charge in [-0.25, -0.2) is 8.42 Å². The van der Waals surface area contributed by atoms with E-state index in [1.54, 1.807) is 0 Å².